The Bertz CT molecular complexity index is 488. The summed E-state index contributed by atoms with van der Waals surface area (Å²) in [6, 6.07) is 3.82. The second-order valence-electron chi connectivity index (χ2n) is 6.13. The Labute approximate surface area is 127 Å². The largest absolute Gasteiger partial charge is 0.496 e. The van der Waals surface area contributed by atoms with E-state index in [1.165, 1.54) is 0 Å². The molecule has 0 aliphatic carbocycles. The molecular weight excluding hydrogens is 266 g/mol. The molecule has 1 rings (SSSR count). The third-order valence-electron chi connectivity index (χ3n) is 3.65. The van der Waals surface area contributed by atoms with Gasteiger partial charge in [0.05, 0.1) is 7.11 Å². The maximum atomic E-state index is 12.5. The van der Waals surface area contributed by atoms with E-state index in [0.717, 1.165) is 22.6 Å². The highest BCUT2D eigenvalue weighted by Crippen LogP contribution is 2.28. The number of benzene rings is 1. The summed E-state index contributed by atoms with van der Waals surface area (Å²) in [6.07, 6.45) is 0.670. The van der Waals surface area contributed by atoms with Gasteiger partial charge in [0.1, 0.15) is 11.4 Å². The van der Waals surface area contributed by atoms with E-state index in [-0.39, 0.29) is 5.91 Å². The summed E-state index contributed by atoms with van der Waals surface area (Å²) in [5.74, 6) is 1.10. The van der Waals surface area contributed by atoms with Crippen LogP contribution in [-0.4, -0.2) is 25.7 Å². The van der Waals surface area contributed by atoms with Gasteiger partial charge >= 0.3 is 0 Å². The minimum Gasteiger partial charge on any atom is -0.496 e. The highest BCUT2D eigenvalue weighted by Gasteiger charge is 2.34. The number of anilines is 1. The van der Waals surface area contributed by atoms with Crippen molar-refractivity contribution in [3.05, 3.63) is 23.3 Å². The van der Waals surface area contributed by atoms with Crippen LogP contribution in [0.4, 0.5) is 5.69 Å². The van der Waals surface area contributed by atoms with E-state index in [9.17, 15) is 4.79 Å². The predicted molar refractivity (Wildman–Crippen MR) is 86.0 cm³/mol. The van der Waals surface area contributed by atoms with Crippen molar-refractivity contribution in [1.82, 2.24) is 0 Å². The standard InChI is InChI=1S/C17H27NO3/c1-11(2)10-17(5,21-7)16(19)18-14-8-12(3)15(20-6)13(4)9-14/h8-9,11H,10H2,1-7H3,(H,18,19)/t17-/m0/s1. The number of hydrogen-bond donors (Lipinski definition) is 1. The zero-order chi connectivity index (χ0) is 16.2. The monoisotopic (exact) mass is 293 g/mol. The average Bonchev–Trinajstić information content (AvgIpc) is 2.37. The predicted octanol–water partition coefficient (Wildman–Crippen LogP) is 3.70. The van der Waals surface area contributed by atoms with Gasteiger partial charge in [-0.05, 0) is 56.4 Å². The number of rotatable bonds is 6. The third kappa shape index (κ3) is 4.21. The minimum absolute atomic E-state index is 0.123. The highest BCUT2D eigenvalue weighted by molar-refractivity contribution is 5.97. The first-order chi connectivity index (χ1) is 9.73. The summed E-state index contributed by atoms with van der Waals surface area (Å²) in [6.45, 7) is 9.90. The Balaban J connectivity index is 2.97. The van der Waals surface area contributed by atoms with E-state index in [1.54, 1.807) is 14.2 Å². The van der Waals surface area contributed by atoms with Gasteiger partial charge in [0.15, 0.2) is 0 Å². The highest BCUT2D eigenvalue weighted by atomic mass is 16.5. The van der Waals surface area contributed by atoms with Crippen LogP contribution in [0.5, 0.6) is 5.75 Å². The molecule has 0 radical (unpaired) electrons. The molecule has 4 heteroatoms. The first-order valence-corrected chi connectivity index (χ1v) is 7.25. The number of amides is 1. The Hall–Kier alpha value is -1.55. The van der Waals surface area contributed by atoms with Gasteiger partial charge in [-0.2, -0.15) is 0 Å². The fourth-order valence-corrected chi connectivity index (χ4v) is 2.66. The third-order valence-corrected chi connectivity index (χ3v) is 3.65. The van der Waals surface area contributed by atoms with Crippen molar-refractivity contribution in [2.45, 2.75) is 46.6 Å². The molecule has 0 saturated heterocycles. The van der Waals surface area contributed by atoms with Crippen LogP contribution in [0.25, 0.3) is 0 Å². The summed E-state index contributed by atoms with van der Waals surface area (Å²) >= 11 is 0. The lowest BCUT2D eigenvalue weighted by atomic mass is 9.93. The first-order valence-electron chi connectivity index (χ1n) is 7.25. The molecule has 0 bridgehead atoms. The molecule has 4 nitrogen and oxygen atoms in total. The minimum atomic E-state index is -0.824. The molecule has 0 saturated carbocycles. The van der Waals surface area contributed by atoms with E-state index in [2.05, 4.69) is 19.2 Å². The van der Waals surface area contributed by atoms with E-state index < -0.39 is 5.60 Å². The van der Waals surface area contributed by atoms with Gasteiger partial charge in [-0.25, -0.2) is 0 Å². The van der Waals surface area contributed by atoms with Gasteiger partial charge in [-0.1, -0.05) is 13.8 Å². The molecule has 0 aromatic heterocycles. The Morgan fingerprint density at radius 3 is 2.14 bits per heavy atom. The first kappa shape index (κ1) is 17.5. The van der Waals surface area contributed by atoms with E-state index in [1.807, 2.05) is 32.9 Å². The lowest BCUT2D eigenvalue weighted by molar-refractivity contribution is -0.137. The van der Waals surface area contributed by atoms with Crippen LogP contribution in [0.15, 0.2) is 12.1 Å². The van der Waals surface area contributed by atoms with Crippen LogP contribution in [0, 0.1) is 19.8 Å². The smallest absolute Gasteiger partial charge is 0.256 e. The fourth-order valence-electron chi connectivity index (χ4n) is 2.66. The maximum absolute atomic E-state index is 12.5. The van der Waals surface area contributed by atoms with Gasteiger partial charge in [0.2, 0.25) is 0 Å². The van der Waals surface area contributed by atoms with Crippen molar-refractivity contribution in [2.24, 2.45) is 5.92 Å². The summed E-state index contributed by atoms with van der Waals surface area (Å²) in [7, 11) is 3.23. The number of ether oxygens (including phenoxy) is 2. The molecule has 0 spiro atoms. The van der Waals surface area contributed by atoms with E-state index in [0.29, 0.717) is 12.3 Å². The van der Waals surface area contributed by atoms with Crippen LogP contribution in [0.3, 0.4) is 0 Å². The van der Waals surface area contributed by atoms with Crippen LogP contribution in [0.1, 0.15) is 38.3 Å². The number of carbonyl (C=O) groups excluding carboxylic acids is 1. The van der Waals surface area contributed by atoms with Crippen LogP contribution >= 0.6 is 0 Å². The Morgan fingerprint density at radius 2 is 1.76 bits per heavy atom. The number of aryl methyl sites for hydroxylation is 2. The molecule has 21 heavy (non-hydrogen) atoms. The normalized spacial score (nSPS) is 13.9. The number of hydrogen-bond acceptors (Lipinski definition) is 3. The van der Waals surface area contributed by atoms with Crippen molar-refractivity contribution < 1.29 is 14.3 Å². The Morgan fingerprint density at radius 1 is 1.24 bits per heavy atom. The summed E-state index contributed by atoms with van der Waals surface area (Å²) in [5, 5.41) is 2.95. The van der Waals surface area contributed by atoms with Crippen molar-refractivity contribution in [3.8, 4) is 5.75 Å². The summed E-state index contributed by atoms with van der Waals surface area (Å²) in [5.41, 5.74) is 1.94. The van der Waals surface area contributed by atoms with Crippen molar-refractivity contribution in [1.29, 1.82) is 0 Å². The van der Waals surface area contributed by atoms with Crippen LogP contribution in [0.2, 0.25) is 0 Å². The molecule has 0 fully saturated rings. The van der Waals surface area contributed by atoms with Gasteiger partial charge in [0.25, 0.3) is 5.91 Å². The molecule has 118 valence electrons. The fraction of sp³-hybridized carbons (Fsp3) is 0.588. The SMILES string of the molecule is COc1c(C)cc(NC(=O)[C@](C)(CC(C)C)OC)cc1C. The molecule has 1 aromatic rings. The molecule has 1 aromatic carbocycles. The summed E-state index contributed by atoms with van der Waals surface area (Å²) < 4.78 is 10.8. The number of carbonyl (C=O) groups is 1. The molecule has 0 aliphatic heterocycles. The van der Waals surface area contributed by atoms with Crippen LogP contribution < -0.4 is 10.1 Å². The zero-order valence-electron chi connectivity index (χ0n) is 14.2. The average molecular weight is 293 g/mol. The number of nitrogens with one attached hydrogen (secondary N) is 1. The van der Waals surface area contributed by atoms with Gasteiger partial charge in [-0.15, -0.1) is 0 Å². The molecule has 1 amide bonds. The van der Waals surface area contributed by atoms with Crippen molar-refractivity contribution >= 4 is 11.6 Å². The molecule has 1 atom stereocenters. The van der Waals surface area contributed by atoms with Gasteiger partial charge < -0.3 is 14.8 Å². The lowest BCUT2D eigenvalue weighted by Crippen LogP contribution is -2.43. The molecule has 0 unspecified atom stereocenters. The maximum Gasteiger partial charge on any atom is 0.256 e. The second kappa shape index (κ2) is 6.94. The lowest BCUT2D eigenvalue weighted by Gasteiger charge is -2.28. The Kier molecular flexibility index (Phi) is 5.78. The molecular formula is C17H27NO3. The quantitative estimate of drug-likeness (QED) is 0.870. The number of methoxy groups -OCH3 is 2. The topological polar surface area (TPSA) is 47.6 Å². The van der Waals surface area contributed by atoms with Crippen molar-refractivity contribution in [2.75, 3.05) is 19.5 Å². The zero-order valence-corrected chi connectivity index (χ0v) is 14.2. The molecule has 1 N–H and O–H groups in total. The second-order valence-corrected chi connectivity index (χ2v) is 6.13. The van der Waals surface area contributed by atoms with Gasteiger partial charge in [0, 0.05) is 12.8 Å². The molecule has 0 aliphatic rings. The van der Waals surface area contributed by atoms with Crippen LogP contribution in [-0.2, 0) is 9.53 Å². The van der Waals surface area contributed by atoms with Crippen molar-refractivity contribution in [3.63, 3.8) is 0 Å². The molecule has 0 heterocycles. The summed E-state index contributed by atoms with van der Waals surface area (Å²) in [4.78, 5) is 12.5. The van der Waals surface area contributed by atoms with E-state index >= 15 is 0 Å². The van der Waals surface area contributed by atoms with E-state index in [4.69, 9.17) is 9.47 Å². The van der Waals surface area contributed by atoms with Gasteiger partial charge in [-0.3, -0.25) is 4.79 Å².